The lowest BCUT2D eigenvalue weighted by molar-refractivity contribution is -0.411. The van der Waals surface area contributed by atoms with Crippen LogP contribution >= 0.6 is 0 Å². The number of ether oxygens (including phenoxy) is 5. The lowest BCUT2D eigenvalue weighted by Gasteiger charge is -2.73. The van der Waals surface area contributed by atoms with Gasteiger partial charge in [0.25, 0.3) is 0 Å². The molecule has 2 N–H and O–H groups in total. The summed E-state index contributed by atoms with van der Waals surface area (Å²) in [6.45, 7) is 19.9. The van der Waals surface area contributed by atoms with E-state index >= 15 is 0 Å². The number of rotatable bonds is 8. The van der Waals surface area contributed by atoms with Gasteiger partial charge in [-0.3, -0.25) is 24.1 Å². The number of allylic oxidation sites excluding steroid dienone is 2. The van der Waals surface area contributed by atoms with E-state index in [9.17, 15) is 34.2 Å². The van der Waals surface area contributed by atoms with Crippen molar-refractivity contribution in [1.29, 1.82) is 0 Å². The van der Waals surface area contributed by atoms with Crippen LogP contribution in [0.1, 0.15) is 134 Å². The number of esters is 4. The fourth-order valence-electron chi connectivity index (χ4n) is 13.5. The topological polar surface area (TPSA) is 190 Å². The number of aliphatic hydroxyl groups excluding tert-OH is 2. The van der Waals surface area contributed by atoms with Gasteiger partial charge < -0.3 is 33.9 Å². The largest absolute Gasteiger partial charge is 0.512 e. The molecule has 6 aliphatic rings. The zero-order chi connectivity index (χ0) is 43.0. The molecule has 326 valence electrons. The van der Waals surface area contributed by atoms with E-state index in [-0.39, 0.29) is 38.9 Å². The van der Waals surface area contributed by atoms with E-state index in [4.69, 9.17) is 33.5 Å². The Labute approximate surface area is 342 Å². The number of hydrogen-bond acceptors (Lipinski definition) is 14. The lowest BCUT2D eigenvalue weighted by atomic mass is 9.31. The Morgan fingerprint density at radius 3 is 1.97 bits per heavy atom. The molecule has 14 heteroatoms. The predicted molar refractivity (Wildman–Crippen MR) is 206 cm³/mol. The smallest absolute Gasteiger partial charge is 0.351 e. The van der Waals surface area contributed by atoms with Crippen molar-refractivity contribution < 1.29 is 67.6 Å². The molecule has 0 amide bonds. The van der Waals surface area contributed by atoms with Gasteiger partial charge in [0.2, 0.25) is 6.29 Å². The van der Waals surface area contributed by atoms with Gasteiger partial charge in [-0.2, -0.15) is 0 Å². The Morgan fingerprint density at radius 1 is 0.724 bits per heavy atom. The summed E-state index contributed by atoms with van der Waals surface area (Å²) < 4.78 is 27.7. The molecule has 0 bridgehead atoms. The molecule has 14 atom stereocenters. The van der Waals surface area contributed by atoms with E-state index < -0.39 is 78.7 Å². The normalized spacial score (nSPS) is 43.7. The van der Waals surface area contributed by atoms with Crippen LogP contribution in [0.15, 0.2) is 11.8 Å². The minimum absolute atomic E-state index is 0.0426. The molecule has 58 heavy (non-hydrogen) atoms. The molecule has 0 aromatic carbocycles. The third kappa shape index (κ3) is 7.24. The molecule has 0 aromatic heterocycles. The molecule has 5 aliphatic carbocycles. The van der Waals surface area contributed by atoms with Crippen LogP contribution in [0.2, 0.25) is 0 Å². The summed E-state index contributed by atoms with van der Waals surface area (Å²) in [5, 5.41) is 23.6. The van der Waals surface area contributed by atoms with Crippen LogP contribution in [0.25, 0.3) is 0 Å². The van der Waals surface area contributed by atoms with Crippen molar-refractivity contribution in [3.63, 3.8) is 0 Å². The molecule has 1 heterocycles. The van der Waals surface area contributed by atoms with Gasteiger partial charge in [0.15, 0.2) is 18.3 Å². The molecule has 0 aromatic rings. The molecular formula is C44H66O14. The van der Waals surface area contributed by atoms with E-state index in [1.165, 1.54) is 6.92 Å². The average molecular weight is 819 g/mol. The number of fused-ring (bicyclic) bond motifs is 7. The Hall–Kier alpha value is -3.23. The fourth-order valence-corrected chi connectivity index (χ4v) is 13.5. The summed E-state index contributed by atoms with van der Waals surface area (Å²) in [6.07, 6.45) is 0.0883. The summed E-state index contributed by atoms with van der Waals surface area (Å²) in [5.41, 5.74) is -2.30. The first-order chi connectivity index (χ1) is 26.8. The van der Waals surface area contributed by atoms with Crippen molar-refractivity contribution in [2.24, 2.45) is 56.2 Å². The second-order valence-electron chi connectivity index (χ2n) is 20.5. The van der Waals surface area contributed by atoms with Gasteiger partial charge in [-0.05, 0) is 109 Å². The highest BCUT2D eigenvalue weighted by molar-refractivity contribution is 5.78. The first kappa shape index (κ1) is 44.3. The van der Waals surface area contributed by atoms with Crippen molar-refractivity contribution in [3.05, 3.63) is 11.8 Å². The lowest BCUT2D eigenvalue weighted by Crippen LogP contribution is -2.70. The quantitative estimate of drug-likeness (QED) is 0.118. The highest BCUT2D eigenvalue weighted by atomic mass is 17.2. The van der Waals surface area contributed by atoms with Gasteiger partial charge in [0, 0.05) is 33.1 Å². The molecule has 5 fully saturated rings. The first-order valence-electron chi connectivity index (χ1n) is 21.1. The maximum atomic E-state index is 14.9. The third-order valence-corrected chi connectivity index (χ3v) is 16.4. The molecule has 1 saturated heterocycles. The maximum absolute atomic E-state index is 14.9. The summed E-state index contributed by atoms with van der Waals surface area (Å²) >= 11 is 0. The fraction of sp³-hybridized carbons (Fsp3) is 0.841. The Morgan fingerprint density at radius 2 is 1.34 bits per heavy atom. The van der Waals surface area contributed by atoms with Gasteiger partial charge in [-0.25, -0.2) is 4.79 Å². The third-order valence-electron chi connectivity index (χ3n) is 16.4. The predicted octanol–water partition coefficient (Wildman–Crippen LogP) is 6.45. The van der Waals surface area contributed by atoms with E-state index in [0.29, 0.717) is 43.3 Å². The number of carbonyl (C=O) groups excluding carboxylic acids is 5. The van der Waals surface area contributed by atoms with Gasteiger partial charge in [-0.15, -0.1) is 4.89 Å². The zero-order valence-corrected chi connectivity index (χ0v) is 36.2. The summed E-state index contributed by atoms with van der Waals surface area (Å²) in [5.74, 6) is -2.90. The second-order valence-corrected chi connectivity index (χ2v) is 20.5. The van der Waals surface area contributed by atoms with Crippen molar-refractivity contribution >= 4 is 29.8 Å². The Kier molecular flexibility index (Phi) is 11.7. The van der Waals surface area contributed by atoms with Gasteiger partial charge in [0.05, 0.1) is 11.9 Å². The number of hydrogen-bond donors (Lipinski definition) is 2. The van der Waals surface area contributed by atoms with Crippen LogP contribution in [0.4, 0.5) is 0 Å². The minimum Gasteiger partial charge on any atom is -0.512 e. The van der Waals surface area contributed by atoms with Gasteiger partial charge in [-0.1, -0.05) is 48.5 Å². The maximum Gasteiger partial charge on any atom is 0.351 e. The Bertz CT molecular complexity index is 1690. The van der Waals surface area contributed by atoms with Crippen molar-refractivity contribution in [2.75, 3.05) is 6.61 Å². The van der Waals surface area contributed by atoms with Crippen LogP contribution in [-0.4, -0.2) is 83.5 Å². The van der Waals surface area contributed by atoms with E-state index in [2.05, 4.69) is 48.5 Å². The van der Waals surface area contributed by atoms with Gasteiger partial charge in [0.1, 0.15) is 18.1 Å². The molecule has 1 aliphatic heterocycles. The standard InChI is InChI=1S/C44H66O14/c1-23(45)52-22-29-34(53-24(2)46)35(54-25(3)47)36(55-26(4)48)37(56-29)57-58-38(51)44-19-18-39(5,6)20-28(44)27-12-13-31-41(9)16-15-32(49)40(7,8)30(41)14-17-42(31,10)43(27,11)21-33(44)50/h15,27-31,33-37,49-50H,12-14,16-22H2,1-11H3/t27-,28-,29-,30?,31-,33-,34-,35-,36-,37+,41+,42-,43-,44-/m1/s1. The van der Waals surface area contributed by atoms with E-state index in [1.807, 2.05) is 6.08 Å². The monoisotopic (exact) mass is 818 g/mol. The molecular weight excluding hydrogens is 752 g/mol. The number of carbonyl (C=O) groups is 5. The van der Waals surface area contributed by atoms with Crippen LogP contribution in [0.3, 0.4) is 0 Å². The summed E-state index contributed by atoms with van der Waals surface area (Å²) in [7, 11) is 0. The average Bonchev–Trinajstić information content (AvgIpc) is 3.10. The van der Waals surface area contributed by atoms with Crippen molar-refractivity contribution in [1.82, 2.24) is 0 Å². The molecule has 6 rings (SSSR count). The summed E-state index contributed by atoms with van der Waals surface area (Å²) in [4.78, 5) is 75.2. The molecule has 0 radical (unpaired) electrons. The van der Waals surface area contributed by atoms with Gasteiger partial charge >= 0.3 is 29.8 Å². The first-order valence-corrected chi connectivity index (χ1v) is 21.1. The Balaban J connectivity index is 1.32. The number of aliphatic hydroxyl groups is 2. The van der Waals surface area contributed by atoms with Crippen LogP contribution < -0.4 is 0 Å². The van der Waals surface area contributed by atoms with Crippen LogP contribution in [0.5, 0.6) is 0 Å². The zero-order valence-electron chi connectivity index (χ0n) is 36.2. The molecule has 4 saturated carbocycles. The van der Waals surface area contributed by atoms with E-state index in [1.54, 1.807) is 0 Å². The molecule has 14 nitrogen and oxygen atoms in total. The van der Waals surface area contributed by atoms with Crippen LogP contribution in [-0.2, 0) is 57.4 Å². The van der Waals surface area contributed by atoms with Crippen molar-refractivity contribution in [3.8, 4) is 0 Å². The minimum atomic E-state index is -1.72. The molecule has 1 unspecified atom stereocenters. The second kappa shape index (κ2) is 15.3. The highest BCUT2D eigenvalue weighted by Crippen LogP contribution is 2.77. The highest BCUT2D eigenvalue weighted by Gasteiger charge is 2.73. The molecule has 0 spiro atoms. The van der Waals surface area contributed by atoms with Crippen molar-refractivity contribution in [2.45, 2.75) is 171 Å². The SMILES string of the molecule is CC(=O)OC[C@H]1O[C@@H](OOC(=O)[C@]23CCC(C)(C)C[C@@H]2[C@H]2CC[C@@H]4[C@@]5(C)CC=C(O)C(C)(C)C5CC[C@@]4(C)[C@]2(C)C[C@H]3O)[C@H](OC(C)=O)[C@H](OC(C)=O)[C@@H]1OC(C)=O. The van der Waals surface area contributed by atoms with E-state index in [0.717, 1.165) is 52.9 Å². The summed E-state index contributed by atoms with van der Waals surface area (Å²) in [6, 6.07) is 0. The van der Waals surface area contributed by atoms with Crippen LogP contribution in [0, 0.1) is 56.2 Å².